The topological polar surface area (TPSA) is 52.5 Å². The Morgan fingerprint density at radius 3 is 2.41 bits per heavy atom. The predicted molar refractivity (Wildman–Crippen MR) is 143 cm³/mol. The normalized spacial score (nSPS) is 14.9. The molecule has 1 aliphatic heterocycles. The fourth-order valence-electron chi connectivity index (χ4n) is 4.31. The van der Waals surface area contributed by atoms with Gasteiger partial charge in [0.05, 0.1) is 11.4 Å². The molecule has 0 bridgehead atoms. The van der Waals surface area contributed by atoms with E-state index < -0.39 is 0 Å². The fraction of sp³-hybridized carbons (Fsp3) is 0.207. The van der Waals surface area contributed by atoms with Gasteiger partial charge >= 0.3 is 0 Å². The van der Waals surface area contributed by atoms with Crippen LogP contribution in [0.4, 0.5) is 0 Å². The van der Waals surface area contributed by atoms with E-state index in [0.29, 0.717) is 19.6 Å². The maximum absolute atomic E-state index is 6.12. The average Bonchev–Trinajstić information content (AvgIpc) is 3.41. The van der Waals surface area contributed by atoms with Crippen LogP contribution < -0.4 is 10.5 Å². The van der Waals surface area contributed by atoms with E-state index in [2.05, 4.69) is 63.3 Å². The standard InChI is InChI=1S/C29H30BN3O/c1-20-18-25(32-28(20)26(13-14-31)27-10-7-15-33(27)30)12-11-24-16-21(2)29(22(3)17-24)34-19-23-8-5-4-6-9-23/h4-12,15-18H,13-14,19,31H2,1-3H3/b12-11+,28-26-. The molecule has 2 radical (unpaired) electrons. The summed E-state index contributed by atoms with van der Waals surface area (Å²) in [5, 5.41) is 0. The number of aryl methyl sites for hydroxylation is 2. The number of hydrogen-bond donors (Lipinski definition) is 1. The molecule has 3 aromatic rings. The van der Waals surface area contributed by atoms with Crippen molar-refractivity contribution in [2.24, 2.45) is 10.7 Å². The van der Waals surface area contributed by atoms with Crippen LogP contribution in [0, 0.1) is 13.8 Å². The van der Waals surface area contributed by atoms with Gasteiger partial charge in [-0.3, -0.25) is 0 Å². The monoisotopic (exact) mass is 447 g/mol. The van der Waals surface area contributed by atoms with E-state index in [0.717, 1.165) is 56.3 Å². The van der Waals surface area contributed by atoms with Crippen LogP contribution in [0.5, 0.6) is 5.75 Å². The van der Waals surface area contributed by atoms with Crippen molar-refractivity contribution in [2.75, 3.05) is 6.54 Å². The van der Waals surface area contributed by atoms with Gasteiger partial charge in [-0.25, -0.2) is 4.99 Å². The Hall–Kier alpha value is -3.57. The van der Waals surface area contributed by atoms with Gasteiger partial charge in [0, 0.05) is 11.3 Å². The zero-order valence-corrected chi connectivity index (χ0v) is 20.1. The number of benzene rings is 2. The molecule has 0 unspecified atom stereocenters. The van der Waals surface area contributed by atoms with Crippen LogP contribution in [0.1, 0.15) is 41.3 Å². The van der Waals surface area contributed by atoms with Gasteiger partial charge < -0.3 is 14.9 Å². The molecule has 4 nitrogen and oxygen atoms in total. The summed E-state index contributed by atoms with van der Waals surface area (Å²) in [7, 11) is 6.10. The van der Waals surface area contributed by atoms with E-state index in [1.165, 1.54) is 0 Å². The molecule has 0 saturated heterocycles. The van der Waals surface area contributed by atoms with E-state index in [-0.39, 0.29) is 0 Å². The van der Waals surface area contributed by atoms with Crippen LogP contribution in [-0.2, 0) is 6.61 Å². The van der Waals surface area contributed by atoms with Crippen LogP contribution in [0.15, 0.2) is 89.2 Å². The molecule has 1 aromatic heterocycles. The van der Waals surface area contributed by atoms with Crippen molar-refractivity contribution in [3.8, 4) is 5.75 Å². The fourth-order valence-corrected chi connectivity index (χ4v) is 4.31. The molecule has 0 aliphatic carbocycles. The number of nitrogens with two attached hydrogens (primary N) is 1. The molecule has 0 amide bonds. The van der Waals surface area contributed by atoms with Crippen LogP contribution in [0.2, 0.25) is 0 Å². The van der Waals surface area contributed by atoms with Crippen molar-refractivity contribution in [1.29, 1.82) is 0 Å². The highest BCUT2D eigenvalue weighted by atomic mass is 16.5. The first-order valence-electron chi connectivity index (χ1n) is 11.6. The summed E-state index contributed by atoms with van der Waals surface area (Å²) < 4.78 is 7.75. The van der Waals surface area contributed by atoms with Crippen LogP contribution in [0.3, 0.4) is 0 Å². The van der Waals surface area contributed by atoms with Gasteiger partial charge in [0.15, 0.2) is 0 Å². The second-order valence-electron chi connectivity index (χ2n) is 8.62. The lowest BCUT2D eigenvalue weighted by molar-refractivity contribution is 0.302. The maximum atomic E-state index is 6.12. The Kier molecular flexibility index (Phi) is 7.34. The van der Waals surface area contributed by atoms with Crippen molar-refractivity contribution in [3.63, 3.8) is 0 Å². The number of ether oxygens (including phenoxy) is 1. The molecule has 0 saturated carbocycles. The van der Waals surface area contributed by atoms with Gasteiger partial charge in [-0.05, 0) is 104 Å². The van der Waals surface area contributed by atoms with E-state index in [9.17, 15) is 0 Å². The summed E-state index contributed by atoms with van der Waals surface area (Å²) in [5.41, 5.74) is 15.4. The van der Waals surface area contributed by atoms with Crippen LogP contribution in [0.25, 0.3) is 11.6 Å². The van der Waals surface area contributed by atoms with E-state index >= 15 is 0 Å². The second-order valence-corrected chi connectivity index (χ2v) is 8.62. The molecular weight excluding hydrogens is 417 g/mol. The van der Waals surface area contributed by atoms with Gasteiger partial charge in [0.2, 0.25) is 7.98 Å². The Labute approximate surface area is 203 Å². The Morgan fingerprint density at radius 1 is 1.03 bits per heavy atom. The summed E-state index contributed by atoms with van der Waals surface area (Å²) in [4.78, 5) is 4.89. The summed E-state index contributed by atoms with van der Waals surface area (Å²) in [6.45, 7) is 7.35. The minimum Gasteiger partial charge on any atom is -0.488 e. The molecule has 0 atom stereocenters. The Bertz CT molecular complexity index is 1270. The molecule has 2 N–H and O–H groups in total. The third kappa shape index (κ3) is 5.32. The van der Waals surface area contributed by atoms with Crippen molar-refractivity contribution >= 4 is 25.3 Å². The average molecular weight is 447 g/mol. The molecule has 34 heavy (non-hydrogen) atoms. The first kappa shape index (κ1) is 23.6. The molecule has 1 aliphatic rings. The third-order valence-electron chi connectivity index (χ3n) is 5.90. The highest BCUT2D eigenvalue weighted by molar-refractivity contribution is 6.11. The SMILES string of the molecule is [B]n1cccc1/C(CCN)=C1N=C(/C=C/c2cc(C)c(OCc3ccccc3)c(C)c2)C=C\1C. The molecule has 2 heterocycles. The number of aliphatic imine (C=N–C) groups is 1. The van der Waals surface area contributed by atoms with Crippen molar-refractivity contribution in [3.05, 3.63) is 112 Å². The van der Waals surface area contributed by atoms with Gasteiger partial charge in [-0.1, -0.05) is 36.4 Å². The molecule has 2 aromatic carbocycles. The highest BCUT2D eigenvalue weighted by Gasteiger charge is 2.17. The minimum atomic E-state index is 0.537. The lowest BCUT2D eigenvalue weighted by Crippen LogP contribution is -2.05. The van der Waals surface area contributed by atoms with Crippen LogP contribution in [-0.4, -0.2) is 24.7 Å². The predicted octanol–water partition coefficient (Wildman–Crippen LogP) is 5.79. The van der Waals surface area contributed by atoms with Gasteiger partial charge in [0.25, 0.3) is 0 Å². The number of nitrogens with zero attached hydrogens (tertiary/aromatic N) is 2. The van der Waals surface area contributed by atoms with Crippen molar-refractivity contribution < 1.29 is 4.74 Å². The van der Waals surface area contributed by atoms with Crippen molar-refractivity contribution in [2.45, 2.75) is 33.8 Å². The quantitative estimate of drug-likeness (QED) is 0.445. The largest absolute Gasteiger partial charge is 0.488 e. The van der Waals surface area contributed by atoms with Gasteiger partial charge in [-0.2, -0.15) is 0 Å². The number of aromatic nitrogens is 1. The summed E-state index contributed by atoms with van der Waals surface area (Å²) in [6, 6.07) is 18.5. The number of rotatable bonds is 8. The second kappa shape index (κ2) is 10.6. The first-order valence-corrected chi connectivity index (χ1v) is 11.6. The lowest BCUT2D eigenvalue weighted by Gasteiger charge is -2.13. The molecule has 4 rings (SSSR count). The van der Waals surface area contributed by atoms with Crippen LogP contribution >= 0.6 is 0 Å². The van der Waals surface area contributed by atoms with E-state index in [1.807, 2.05) is 36.5 Å². The van der Waals surface area contributed by atoms with E-state index in [4.69, 9.17) is 23.4 Å². The zero-order valence-electron chi connectivity index (χ0n) is 20.1. The Balaban J connectivity index is 1.55. The molecule has 170 valence electrons. The highest BCUT2D eigenvalue weighted by Crippen LogP contribution is 2.31. The molecule has 0 fully saturated rings. The summed E-state index contributed by atoms with van der Waals surface area (Å²) >= 11 is 0. The molecular formula is C29H30BN3O. The van der Waals surface area contributed by atoms with E-state index in [1.54, 1.807) is 4.48 Å². The molecule has 5 heteroatoms. The summed E-state index contributed by atoms with van der Waals surface area (Å²) in [6.07, 6.45) is 8.80. The summed E-state index contributed by atoms with van der Waals surface area (Å²) in [5.74, 6) is 0.941. The van der Waals surface area contributed by atoms with Crippen molar-refractivity contribution in [1.82, 2.24) is 4.48 Å². The lowest BCUT2D eigenvalue weighted by atomic mass is 10.0. The van der Waals surface area contributed by atoms with Gasteiger partial charge in [-0.15, -0.1) is 0 Å². The minimum absolute atomic E-state index is 0.537. The third-order valence-corrected chi connectivity index (χ3v) is 5.90. The smallest absolute Gasteiger partial charge is 0.234 e. The Morgan fingerprint density at radius 2 is 1.76 bits per heavy atom. The first-order chi connectivity index (χ1) is 16.5. The maximum Gasteiger partial charge on any atom is 0.234 e. The molecule has 0 spiro atoms. The van der Waals surface area contributed by atoms with Gasteiger partial charge in [0.1, 0.15) is 12.4 Å². The zero-order chi connectivity index (χ0) is 24.1. The number of allylic oxidation sites excluding steroid dienone is 3. The number of hydrogen-bond acceptors (Lipinski definition) is 3.